The molecular weight excluding hydrogens is 294 g/mol. The molecule has 0 spiro atoms. The Morgan fingerprint density at radius 2 is 1.50 bits per heavy atom. The summed E-state index contributed by atoms with van der Waals surface area (Å²) in [5.74, 6) is 0.0872. The van der Waals surface area contributed by atoms with Gasteiger partial charge in [0.2, 0.25) is 0 Å². The van der Waals surface area contributed by atoms with Crippen molar-refractivity contribution in [1.82, 2.24) is 4.90 Å². The lowest BCUT2D eigenvalue weighted by molar-refractivity contribution is -0.0104. The molecule has 128 valence electrons. The van der Waals surface area contributed by atoms with Crippen molar-refractivity contribution in [3.8, 4) is 0 Å². The second kappa shape index (κ2) is 7.96. The minimum absolute atomic E-state index is 0.0872. The zero-order valence-electron chi connectivity index (χ0n) is 14.7. The molecule has 2 nitrogen and oxygen atoms in total. The van der Waals surface area contributed by atoms with E-state index >= 15 is 0 Å². The Balaban J connectivity index is 1.95. The van der Waals surface area contributed by atoms with E-state index < -0.39 is 5.60 Å². The van der Waals surface area contributed by atoms with Crippen LogP contribution in [0.1, 0.15) is 49.7 Å². The van der Waals surface area contributed by atoms with E-state index in [1.807, 2.05) is 18.2 Å². The first kappa shape index (κ1) is 17.2. The first-order chi connectivity index (χ1) is 11.7. The molecule has 1 heterocycles. The van der Waals surface area contributed by atoms with Crippen molar-refractivity contribution in [3.63, 3.8) is 0 Å². The maximum atomic E-state index is 11.7. The minimum atomic E-state index is -0.833. The van der Waals surface area contributed by atoms with Gasteiger partial charge in [-0.15, -0.1) is 0 Å². The van der Waals surface area contributed by atoms with Crippen LogP contribution < -0.4 is 0 Å². The topological polar surface area (TPSA) is 23.5 Å². The van der Waals surface area contributed by atoms with Gasteiger partial charge < -0.3 is 10.0 Å². The summed E-state index contributed by atoms with van der Waals surface area (Å²) < 4.78 is 0. The van der Waals surface area contributed by atoms with E-state index in [-0.39, 0.29) is 5.92 Å². The third-order valence-electron chi connectivity index (χ3n) is 5.48. The molecule has 2 heteroatoms. The number of piperidine rings is 1. The van der Waals surface area contributed by atoms with E-state index in [1.165, 1.54) is 24.8 Å². The highest BCUT2D eigenvalue weighted by Gasteiger charge is 2.38. The predicted octanol–water partition coefficient (Wildman–Crippen LogP) is 4.55. The number of aliphatic hydroxyl groups is 1. The quantitative estimate of drug-likeness (QED) is 0.843. The molecule has 2 atom stereocenters. The molecule has 2 aromatic carbocycles. The van der Waals surface area contributed by atoms with Crippen molar-refractivity contribution in [2.75, 3.05) is 19.6 Å². The molecule has 2 unspecified atom stereocenters. The van der Waals surface area contributed by atoms with Crippen molar-refractivity contribution in [1.29, 1.82) is 0 Å². The zero-order valence-corrected chi connectivity index (χ0v) is 14.7. The van der Waals surface area contributed by atoms with Gasteiger partial charge in [-0.2, -0.15) is 0 Å². The summed E-state index contributed by atoms with van der Waals surface area (Å²) in [4.78, 5) is 2.53. The van der Waals surface area contributed by atoms with Gasteiger partial charge >= 0.3 is 0 Å². The van der Waals surface area contributed by atoms with Crippen molar-refractivity contribution < 1.29 is 5.11 Å². The molecule has 2 aromatic rings. The van der Waals surface area contributed by atoms with E-state index in [0.29, 0.717) is 6.42 Å². The molecule has 0 aromatic heterocycles. The van der Waals surface area contributed by atoms with Crippen molar-refractivity contribution in [2.45, 2.75) is 44.1 Å². The monoisotopic (exact) mass is 323 g/mol. The number of rotatable bonds is 6. The van der Waals surface area contributed by atoms with E-state index in [0.717, 1.165) is 25.2 Å². The van der Waals surface area contributed by atoms with E-state index in [1.54, 1.807) is 0 Å². The molecule has 1 saturated heterocycles. The van der Waals surface area contributed by atoms with Crippen LogP contribution in [0.2, 0.25) is 0 Å². The van der Waals surface area contributed by atoms with Gasteiger partial charge in [-0.05, 0) is 43.5 Å². The second-order valence-electron chi connectivity index (χ2n) is 6.97. The van der Waals surface area contributed by atoms with Crippen LogP contribution in [0.4, 0.5) is 0 Å². The zero-order chi connectivity index (χ0) is 16.8. The molecular formula is C22H29NO. The average Bonchev–Trinajstić information content (AvgIpc) is 2.68. The Morgan fingerprint density at radius 3 is 2.08 bits per heavy atom. The van der Waals surface area contributed by atoms with Crippen LogP contribution in [0, 0.1) is 0 Å². The van der Waals surface area contributed by atoms with Gasteiger partial charge in [0, 0.05) is 12.5 Å². The first-order valence-corrected chi connectivity index (χ1v) is 9.29. The summed E-state index contributed by atoms with van der Waals surface area (Å²) >= 11 is 0. The summed E-state index contributed by atoms with van der Waals surface area (Å²) in [5.41, 5.74) is 1.43. The maximum absolute atomic E-state index is 11.7. The third kappa shape index (κ3) is 3.71. The number of hydrogen-bond acceptors (Lipinski definition) is 2. The molecule has 0 bridgehead atoms. The van der Waals surface area contributed by atoms with Gasteiger partial charge in [-0.1, -0.05) is 74.0 Å². The van der Waals surface area contributed by atoms with E-state index in [9.17, 15) is 5.11 Å². The highest BCUT2D eigenvalue weighted by molar-refractivity contribution is 5.31. The number of nitrogens with zero attached hydrogens (tertiary/aromatic N) is 1. The molecule has 1 aliphatic heterocycles. The Kier molecular flexibility index (Phi) is 5.70. The van der Waals surface area contributed by atoms with Crippen LogP contribution in [0.15, 0.2) is 60.7 Å². The molecule has 0 saturated carbocycles. The molecule has 0 amide bonds. The van der Waals surface area contributed by atoms with Crippen LogP contribution in [0.3, 0.4) is 0 Å². The molecule has 3 rings (SSSR count). The molecule has 1 N–H and O–H groups in total. The standard InChI is InChI=1S/C22H29NO/c1-2-22(24,20-14-8-4-9-15-20)21(19-12-6-3-7-13-19)18-23-16-10-5-11-17-23/h3-4,6-9,12-15,21,24H,2,5,10-11,16-18H2,1H3. The maximum Gasteiger partial charge on any atom is 0.0974 e. The highest BCUT2D eigenvalue weighted by atomic mass is 16.3. The highest BCUT2D eigenvalue weighted by Crippen LogP contribution is 2.40. The van der Waals surface area contributed by atoms with Gasteiger partial charge in [-0.3, -0.25) is 0 Å². The molecule has 24 heavy (non-hydrogen) atoms. The third-order valence-corrected chi connectivity index (χ3v) is 5.48. The number of benzene rings is 2. The largest absolute Gasteiger partial charge is 0.384 e. The van der Waals surface area contributed by atoms with Gasteiger partial charge in [0.25, 0.3) is 0 Å². The lowest BCUT2D eigenvalue weighted by Crippen LogP contribution is -2.42. The van der Waals surface area contributed by atoms with Gasteiger partial charge in [0.1, 0.15) is 0 Å². The summed E-state index contributed by atoms with van der Waals surface area (Å²) in [6.07, 6.45) is 4.60. The first-order valence-electron chi connectivity index (χ1n) is 9.29. The summed E-state index contributed by atoms with van der Waals surface area (Å²) in [6.45, 7) is 5.32. The Bertz CT molecular complexity index is 606. The van der Waals surface area contributed by atoms with Crippen LogP contribution in [0.5, 0.6) is 0 Å². The Labute approximate surface area is 146 Å². The number of likely N-dealkylation sites (tertiary alicyclic amines) is 1. The normalized spacial score (nSPS) is 19.6. The number of hydrogen-bond donors (Lipinski definition) is 1. The van der Waals surface area contributed by atoms with Gasteiger partial charge in [-0.25, -0.2) is 0 Å². The van der Waals surface area contributed by atoms with E-state index in [4.69, 9.17) is 0 Å². The van der Waals surface area contributed by atoms with Crippen molar-refractivity contribution >= 4 is 0 Å². The van der Waals surface area contributed by atoms with Gasteiger partial charge in [0.15, 0.2) is 0 Å². The summed E-state index contributed by atoms with van der Waals surface area (Å²) in [6, 6.07) is 20.7. The smallest absolute Gasteiger partial charge is 0.0974 e. The molecule has 0 radical (unpaired) electrons. The van der Waals surface area contributed by atoms with E-state index in [2.05, 4.69) is 54.3 Å². The van der Waals surface area contributed by atoms with Crippen LogP contribution in [0.25, 0.3) is 0 Å². The average molecular weight is 323 g/mol. The van der Waals surface area contributed by atoms with Crippen LogP contribution in [-0.2, 0) is 5.60 Å². The van der Waals surface area contributed by atoms with Crippen molar-refractivity contribution in [3.05, 3.63) is 71.8 Å². The van der Waals surface area contributed by atoms with Crippen LogP contribution >= 0.6 is 0 Å². The summed E-state index contributed by atoms with van der Waals surface area (Å²) in [5, 5.41) is 11.7. The van der Waals surface area contributed by atoms with Gasteiger partial charge in [0.05, 0.1) is 5.60 Å². The lowest BCUT2D eigenvalue weighted by Gasteiger charge is -2.40. The minimum Gasteiger partial charge on any atom is -0.384 e. The van der Waals surface area contributed by atoms with Crippen LogP contribution in [-0.4, -0.2) is 29.6 Å². The fourth-order valence-electron chi connectivity index (χ4n) is 4.00. The Morgan fingerprint density at radius 1 is 0.917 bits per heavy atom. The SMILES string of the molecule is CCC(O)(c1ccccc1)C(CN1CCCCC1)c1ccccc1. The summed E-state index contributed by atoms with van der Waals surface area (Å²) in [7, 11) is 0. The lowest BCUT2D eigenvalue weighted by atomic mass is 9.75. The predicted molar refractivity (Wildman–Crippen MR) is 100 cm³/mol. The molecule has 1 aliphatic rings. The Hall–Kier alpha value is -1.64. The second-order valence-corrected chi connectivity index (χ2v) is 6.97. The molecule has 1 fully saturated rings. The molecule has 0 aliphatic carbocycles. The fourth-order valence-corrected chi connectivity index (χ4v) is 4.00. The van der Waals surface area contributed by atoms with Crippen molar-refractivity contribution in [2.24, 2.45) is 0 Å². The fraction of sp³-hybridized carbons (Fsp3) is 0.455.